The van der Waals surface area contributed by atoms with Crippen molar-refractivity contribution in [1.29, 1.82) is 0 Å². The number of nitrogens with two attached hydrogens (primary N) is 1. The average Bonchev–Trinajstić information content (AvgIpc) is 2.85. The Balaban J connectivity index is 2.01. The van der Waals surface area contributed by atoms with E-state index in [4.69, 9.17) is 5.73 Å². The van der Waals surface area contributed by atoms with E-state index in [-0.39, 0.29) is 5.54 Å². The summed E-state index contributed by atoms with van der Waals surface area (Å²) in [6.45, 7) is 4.56. The maximum atomic E-state index is 6.93. The van der Waals surface area contributed by atoms with E-state index in [0.29, 0.717) is 0 Å². The lowest BCUT2D eigenvalue weighted by Gasteiger charge is -2.32. The van der Waals surface area contributed by atoms with Crippen molar-refractivity contribution in [3.05, 3.63) is 22.8 Å². The highest BCUT2D eigenvalue weighted by Gasteiger charge is 2.31. The summed E-state index contributed by atoms with van der Waals surface area (Å²) in [5.41, 5.74) is 11.5. The van der Waals surface area contributed by atoms with Crippen LogP contribution in [0.5, 0.6) is 0 Å². The Bertz CT molecular complexity index is 377. The van der Waals surface area contributed by atoms with Gasteiger partial charge in [0, 0.05) is 5.54 Å². The molecule has 0 unspecified atom stereocenters. The van der Waals surface area contributed by atoms with Crippen molar-refractivity contribution in [3.63, 3.8) is 0 Å². The summed E-state index contributed by atoms with van der Waals surface area (Å²) in [5, 5.41) is 0. The fourth-order valence-corrected chi connectivity index (χ4v) is 4.07. The molecule has 0 saturated heterocycles. The fourth-order valence-electron chi connectivity index (χ4n) is 4.07. The van der Waals surface area contributed by atoms with E-state index in [1.807, 2.05) is 0 Å². The lowest BCUT2D eigenvalue weighted by atomic mass is 9.79. The lowest BCUT2D eigenvalue weighted by molar-refractivity contribution is 0.373. The zero-order valence-electron chi connectivity index (χ0n) is 14.3. The van der Waals surface area contributed by atoms with E-state index >= 15 is 0 Å². The van der Waals surface area contributed by atoms with Gasteiger partial charge in [0.15, 0.2) is 0 Å². The van der Waals surface area contributed by atoms with Gasteiger partial charge in [-0.2, -0.15) is 0 Å². The molecular weight excluding hydrogens is 254 g/mol. The van der Waals surface area contributed by atoms with Gasteiger partial charge in [-0.15, -0.1) is 0 Å². The summed E-state index contributed by atoms with van der Waals surface area (Å²) in [5.74, 6) is 0. The maximum Gasteiger partial charge on any atom is 0.0375 e. The summed E-state index contributed by atoms with van der Waals surface area (Å²) in [7, 11) is 0. The highest BCUT2D eigenvalue weighted by Crippen LogP contribution is 2.38. The Morgan fingerprint density at radius 2 is 1.38 bits per heavy atom. The molecule has 0 heterocycles. The van der Waals surface area contributed by atoms with Gasteiger partial charge in [-0.05, 0) is 43.8 Å². The van der Waals surface area contributed by atoms with Crippen molar-refractivity contribution in [2.45, 2.75) is 103 Å². The highest BCUT2D eigenvalue weighted by molar-refractivity contribution is 5.42. The Morgan fingerprint density at radius 1 is 0.905 bits per heavy atom. The van der Waals surface area contributed by atoms with Crippen molar-refractivity contribution >= 4 is 0 Å². The summed E-state index contributed by atoms with van der Waals surface area (Å²) in [6.07, 6.45) is 19.6. The standard InChI is InChI=1S/C20H35N/c1-3-18-16-19(15-17(18)2)20(21)13-11-9-7-5-4-6-8-10-12-14-20/h16H,3-15,21H2,1-2H3. The van der Waals surface area contributed by atoms with Crippen molar-refractivity contribution in [3.8, 4) is 0 Å². The van der Waals surface area contributed by atoms with Crippen LogP contribution < -0.4 is 5.73 Å². The summed E-state index contributed by atoms with van der Waals surface area (Å²) in [4.78, 5) is 0. The molecule has 0 aromatic heterocycles. The molecule has 1 heteroatoms. The SMILES string of the molecule is CCC1=C(C)CC(C2(N)CCCCCCCCCCC2)=C1. The van der Waals surface area contributed by atoms with Gasteiger partial charge >= 0.3 is 0 Å². The Kier molecular flexibility index (Phi) is 6.54. The molecular formula is C20H35N. The quantitative estimate of drug-likeness (QED) is 0.658. The lowest BCUT2D eigenvalue weighted by Crippen LogP contribution is -2.41. The molecule has 0 bridgehead atoms. The van der Waals surface area contributed by atoms with Gasteiger partial charge in [-0.25, -0.2) is 0 Å². The molecule has 0 atom stereocenters. The van der Waals surface area contributed by atoms with Crippen molar-refractivity contribution < 1.29 is 0 Å². The molecule has 1 saturated carbocycles. The predicted octanol–water partition coefficient (Wildman–Crippen LogP) is 6.05. The first kappa shape index (κ1) is 16.8. The van der Waals surface area contributed by atoms with Crippen LogP contribution in [-0.4, -0.2) is 5.54 Å². The summed E-state index contributed by atoms with van der Waals surface area (Å²) < 4.78 is 0. The Labute approximate surface area is 132 Å². The highest BCUT2D eigenvalue weighted by atomic mass is 14.7. The van der Waals surface area contributed by atoms with Gasteiger partial charge in [0.05, 0.1) is 0 Å². The number of hydrogen-bond acceptors (Lipinski definition) is 1. The minimum absolute atomic E-state index is 0.0165. The molecule has 1 nitrogen and oxygen atoms in total. The van der Waals surface area contributed by atoms with E-state index in [1.165, 1.54) is 76.2 Å². The van der Waals surface area contributed by atoms with Gasteiger partial charge in [0.1, 0.15) is 0 Å². The summed E-state index contributed by atoms with van der Waals surface area (Å²) in [6, 6.07) is 0. The normalized spacial score (nSPS) is 25.2. The third kappa shape index (κ3) is 4.71. The van der Waals surface area contributed by atoms with E-state index in [2.05, 4.69) is 19.9 Å². The first-order chi connectivity index (χ1) is 10.2. The molecule has 0 aromatic carbocycles. The molecule has 120 valence electrons. The molecule has 0 aliphatic heterocycles. The molecule has 2 aliphatic rings. The van der Waals surface area contributed by atoms with Crippen molar-refractivity contribution in [1.82, 2.24) is 0 Å². The maximum absolute atomic E-state index is 6.93. The third-order valence-electron chi connectivity index (χ3n) is 5.62. The minimum Gasteiger partial charge on any atom is -0.322 e. The largest absolute Gasteiger partial charge is 0.322 e. The molecule has 0 spiro atoms. The fraction of sp³-hybridized carbons (Fsp3) is 0.800. The predicted molar refractivity (Wildman–Crippen MR) is 93.4 cm³/mol. The molecule has 0 amide bonds. The molecule has 2 aliphatic carbocycles. The van der Waals surface area contributed by atoms with Crippen LogP contribution in [0.4, 0.5) is 0 Å². The van der Waals surface area contributed by atoms with Crippen LogP contribution in [0.1, 0.15) is 97.3 Å². The van der Waals surface area contributed by atoms with E-state index < -0.39 is 0 Å². The molecule has 1 fully saturated rings. The molecule has 0 radical (unpaired) electrons. The van der Waals surface area contributed by atoms with E-state index in [1.54, 1.807) is 11.1 Å². The summed E-state index contributed by atoms with van der Waals surface area (Å²) >= 11 is 0. The van der Waals surface area contributed by atoms with Crippen LogP contribution in [0, 0.1) is 0 Å². The van der Waals surface area contributed by atoms with Crippen molar-refractivity contribution in [2.75, 3.05) is 0 Å². The van der Waals surface area contributed by atoms with E-state index in [0.717, 1.165) is 12.8 Å². The molecule has 2 rings (SSSR count). The monoisotopic (exact) mass is 289 g/mol. The smallest absolute Gasteiger partial charge is 0.0375 e. The van der Waals surface area contributed by atoms with Gasteiger partial charge in [-0.1, -0.05) is 76.4 Å². The number of rotatable bonds is 2. The Hall–Kier alpha value is -0.560. The van der Waals surface area contributed by atoms with Gasteiger partial charge in [0.2, 0.25) is 0 Å². The van der Waals surface area contributed by atoms with Crippen LogP contribution in [-0.2, 0) is 0 Å². The molecule has 21 heavy (non-hydrogen) atoms. The first-order valence-electron chi connectivity index (χ1n) is 9.34. The number of allylic oxidation sites excluding steroid dienone is 3. The third-order valence-corrected chi connectivity index (χ3v) is 5.62. The van der Waals surface area contributed by atoms with Gasteiger partial charge in [0.25, 0.3) is 0 Å². The zero-order valence-corrected chi connectivity index (χ0v) is 14.3. The first-order valence-corrected chi connectivity index (χ1v) is 9.34. The second kappa shape index (κ2) is 8.17. The average molecular weight is 290 g/mol. The topological polar surface area (TPSA) is 26.0 Å². The van der Waals surface area contributed by atoms with Crippen LogP contribution >= 0.6 is 0 Å². The second-order valence-electron chi connectivity index (χ2n) is 7.34. The van der Waals surface area contributed by atoms with Gasteiger partial charge in [-0.3, -0.25) is 0 Å². The molecule has 0 aromatic rings. The second-order valence-corrected chi connectivity index (χ2v) is 7.34. The minimum atomic E-state index is -0.0165. The molecule has 2 N–H and O–H groups in total. The zero-order chi connectivity index (χ0) is 15.1. The number of hydrogen-bond donors (Lipinski definition) is 1. The Morgan fingerprint density at radius 3 is 1.81 bits per heavy atom. The van der Waals surface area contributed by atoms with Crippen LogP contribution in [0.15, 0.2) is 22.8 Å². The van der Waals surface area contributed by atoms with Crippen molar-refractivity contribution in [2.24, 2.45) is 5.73 Å². The van der Waals surface area contributed by atoms with Gasteiger partial charge < -0.3 is 5.73 Å². The van der Waals surface area contributed by atoms with Crippen LogP contribution in [0.25, 0.3) is 0 Å². The van der Waals surface area contributed by atoms with Crippen LogP contribution in [0.2, 0.25) is 0 Å². The van der Waals surface area contributed by atoms with Crippen LogP contribution in [0.3, 0.4) is 0 Å². The van der Waals surface area contributed by atoms with E-state index in [9.17, 15) is 0 Å².